The van der Waals surface area contributed by atoms with Gasteiger partial charge in [0.1, 0.15) is 5.01 Å². The van der Waals surface area contributed by atoms with Crippen molar-refractivity contribution in [3.63, 3.8) is 0 Å². The van der Waals surface area contributed by atoms with Crippen molar-refractivity contribution in [2.24, 2.45) is 5.92 Å². The molecule has 2 heterocycles. The molecule has 0 bridgehead atoms. The molecule has 1 saturated heterocycles. The van der Waals surface area contributed by atoms with Crippen LogP contribution in [0.3, 0.4) is 0 Å². The van der Waals surface area contributed by atoms with Gasteiger partial charge >= 0.3 is 0 Å². The number of nitrogens with zero attached hydrogens (tertiary/aromatic N) is 2. The Morgan fingerprint density at radius 2 is 2.47 bits per heavy atom. The summed E-state index contributed by atoms with van der Waals surface area (Å²) in [5.74, 6) is 0.803. The van der Waals surface area contributed by atoms with E-state index in [4.69, 9.17) is 0 Å². The number of hydrogen-bond acceptors (Lipinski definition) is 4. The third kappa shape index (κ3) is 3.76. The number of likely N-dealkylation sites (tertiary alicyclic amines) is 1. The number of piperidine rings is 1. The maximum atomic E-state index is 4.44. The first-order valence-corrected chi connectivity index (χ1v) is 7.31. The second-order valence-corrected chi connectivity index (χ2v) is 6.48. The van der Waals surface area contributed by atoms with Crippen LogP contribution in [0.4, 0.5) is 0 Å². The van der Waals surface area contributed by atoms with E-state index in [-0.39, 0.29) is 0 Å². The molecule has 2 rings (SSSR count). The van der Waals surface area contributed by atoms with Crippen LogP contribution in [0.2, 0.25) is 0 Å². The Morgan fingerprint density at radius 3 is 3.12 bits per heavy atom. The molecular formula is C13H23N3S. The number of nitrogens with one attached hydrogen (secondary N) is 1. The minimum Gasteiger partial charge on any atom is -0.308 e. The van der Waals surface area contributed by atoms with Gasteiger partial charge in [0, 0.05) is 17.6 Å². The first-order chi connectivity index (χ1) is 8.15. The van der Waals surface area contributed by atoms with Gasteiger partial charge in [-0.2, -0.15) is 0 Å². The fourth-order valence-electron chi connectivity index (χ4n) is 2.44. The van der Waals surface area contributed by atoms with Gasteiger partial charge in [-0.1, -0.05) is 0 Å². The predicted molar refractivity (Wildman–Crippen MR) is 73.5 cm³/mol. The topological polar surface area (TPSA) is 28.2 Å². The highest BCUT2D eigenvalue weighted by molar-refractivity contribution is 7.11. The Morgan fingerprint density at radius 1 is 1.65 bits per heavy atom. The van der Waals surface area contributed by atoms with E-state index in [1.807, 2.05) is 6.20 Å². The van der Waals surface area contributed by atoms with E-state index in [1.54, 1.807) is 11.3 Å². The van der Waals surface area contributed by atoms with E-state index in [0.29, 0.717) is 6.04 Å². The van der Waals surface area contributed by atoms with Crippen LogP contribution in [-0.4, -0.2) is 36.6 Å². The van der Waals surface area contributed by atoms with Gasteiger partial charge in [0.25, 0.3) is 0 Å². The van der Waals surface area contributed by atoms with E-state index >= 15 is 0 Å². The number of thiazole rings is 1. The van der Waals surface area contributed by atoms with E-state index in [9.17, 15) is 0 Å². The number of aromatic nitrogens is 1. The monoisotopic (exact) mass is 253 g/mol. The van der Waals surface area contributed by atoms with Gasteiger partial charge in [-0.3, -0.25) is 0 Å². The van der Waals surface area contributed by atoms with Crippen molar-refractivity contribution >= 4 is 11.3 Å². The molecule has 0 amide bonds. The molecule has 1 aromatic rings. The second kappa shape index (κ2) is 5.94. The van der Waals surface area contributed by atoms with Crippen LogP contribution in [0.25, 0.3) is 0 Å². The standard InChI is InChI=1S/C13H23N3S/c1-10-7-15-13(17-10)11(2)14-8-12-5-4-6-16(3)9-12/h7,11-12,14H,4-6,8-9H2,1-3H3. The third-order valence-electron chi connectivity index (χ3n) is 3.44. The highest BCUT2D eigenvalue weighted by Gasteiger charge is 2.18. The van der Waals surface area contributed by atoms with E-state index < -0.39 is 0 Å². The van der Waals surface area contributed by atoms with Crippen molar-refractivity contribution < 1.29 is 0 Å². The van der Waals surface area contributed by atoms with Crippen LogP contribution in [0.1, 0.15) is 35.7 Å². The summed E-state index contributed by atoms with van der Waals surface area (Å²) in [6.07, 6.45) is 4.67. The normalized spacial score (nSPS) is 23.8. The Labute approximate surface area is 108 Å². The van der Waals surface area contributed by atoms with Crippen LogP contribution in [0.15, 0.2) is 6.20 Å². The SMILES string of the molecule is Cc1cnc(C(C)NCC2CCCN(C)C2)s1. The maximum absolute atomic E-state index is 4.44. The van der Waals surface area contributed by atoms with Crippen molar-refractivity contribution in [2.75, 3.05) is 26.7 Å². The van der Waals surface area contributed by atoms with Crippen molar-refractivity contribution in [3.05, 3.63) is 16.1 Å². The first-order valence-electron chi connectivity index (χ1n) is 6.49. The van der Waals surface area contributed by atoms with Crippen LogP contribution < -0.4 is 5.32 Å². The van der Waals surface area contributed by atoms with Gasteiger partial charge in [-0.15, -0.1) is 11.3 Å². The fourth-order valence-corrected chi connectivity index (χ4v) is 3.24. The lowest BCUT2D eigenvalue weighted by molar-refractivity contribution is 0.203. The third-order valence-corrected chi connectivity index (χ3v) is 4.54. The molecule has 0 radical (unpaired) electrons. The van der Waals surface area contributed by atoms with E-state index in [2.05, 4.69) is 36.1 Å². The van der Waals surface area contributed by atoms with Gasteiger partial charge in [-0.25, -0.2) is 4.98 Å². The molecule has 1 fully saturated rings. The summed E-state index contributed by atoms with van der Waals surface area (Å²) in [4.78, 5) is 8.18. The molecule has 96 valence electrons. The predicted octanol–water partition coefficient (Wildman–Crippen LogP) is 2.44. The van der Waals surface area contributed by atoms with E-state index in [1.165, 1.54) is 35.8 Å². The summed E-state index contributed by atoms with van der Waals surface area (Å²) in [5.41, 5.74) is 0. The van der Waals surface area contributed by atoms with Crippen LogP contribution in [0.5, 0.6) is 0 Å². The molecular weight excluding hydrogens is 230 g/mol. The zero-order valence-electron chi connectivity index (χ0n) is 11.1. The van der Waals surface area contributed by atoms with Crippen molar-refractivity contribution in [3.8, 4) is 0 Å². The average molecular weight is 253 g/mol. The summed E-state index contributed by atoms with van der Waals surface area (Å²) in [5, 5.41) is 4.84. The molecule has 0 aliphatic carbocycles. The van der Waals surface area contributed by atoms with Crippen molar-refractivity contribution in [1.82, 2.24) is 15.2 Å². The van der Waals surface area contributed by atoms with Crippen molar-refractivity contribution in [2.45, 2.75) is 32.7 Å². The van der Waals surface area contributed by atoms with Crippen LogP contribution in [-0.2, 0) is 0 Å². The zero-order valence-corrected chi connectivity index (χ0v) is 11.9. The summed E-state index contributed by atoms with van der Waals surface area (Å²) in [6.45, 7) is 7.94. The molecule has 4 heteroatoms. The summed E-state index contributed by atoms with van der Waals surface area (Å²) >= 11 is 1.80. The van der Waals surface area contributed by atoms with Crippen LogP contribution in [0, 0.1) is 12.8 Å². The molecule has 1 aliphatic heterocycles. The highest BCUT2D eigenvalue weighted by Crippen LogP contribution is 2.20. The number of rotatable bonds is 4. The fraction of sp³-hybridized carbons (Fsp3) is 0.769. The lowest BCUT2D eigenvalue weighted by Crippen LogP contribution is -2.37. The smallest absolute Gasteiger partial charge is 0.109 e. The Hall–Kier alpha value is -0.450. The Bertz CT molecular complexity index is 350. The minimum atomic E-state index is 0.390. The highest BCUT2D eigenvalue weighted by atomic mass is 32.1. The lowest BCUT2D eigenvalue weighted by Gasteiger charge is -2.30. The van der Waals surface area contributed by atoms with Gasteiger partial charge in [0.15, 0.2) is 0 Å². The Kier molecular flexibility index (Phi) is 4.54. The molecule has 2 atom stereocenters. The van der Waals surface area contributed by atoms with Gasteiger partial charge < -0.3 is 10.2 Å². The van der Waals surface area contributed by atoms with Crippen LogP contribution >= 0.6 is 11.3 Å². The summed E-state index contributed by atoms with van der Waals surface area (Å²) < 4.78 is 0. The minimum absolute atomic E-state index is 0.390. The summed E-state index contributed by atoms with van der Waals surface area (Å²) in [7, 11) is 2.22. The van der Waals surface area contributed by atoms with E-state index in [0.717, 1.165) is 12.5 Å². The van der Waals surface area contributed by atoms with Gasteiger partial charge in [-0.05, 0) is 52.7 Å². The van der Waals surface area contributed by atoms with Gasteiger partial charge in [0.2, 0.25) is 0 Å². The molecule has 0 aromatic carbocycles. The van der Waals surface area contributed by atoms with Gasteiger partial charge in [0.05, 0.1) is 6.04 Å². The number of hydrogen-bond donors (Lipinski definition) is 1. The molecule has 2 unspecified atom stereocenters. The molecule has 0 saturated carbocycles. The maximum Gasteiger partial charge on any atom is 0.109 e. The molecule has 0 spiro atoms. The molecule has 1 N–H and O–H groups in total. The summed E-state index contributed by atoms with van der Waals surface area (Å²) in [6, 6.07) is 0.390. The second-order valence-electron chi connectivity index (χ2n) is 5.21. The molecule has 17 heavy (non-hydrogen) atoms. The average Bonchev–Trinajstić information content (AvgIpc) is 2.73. The lowest BCUT2D eigenvalue weighted by atomic mass is 9.98. The molecule has 1 aromatic heterocycles. The zero-order chi connectivity index (χ0) is 12.3. The first kappa shape index (κ1) is 13.0. The number of aryl methyl sites for hydroxylation is 1. The quantitative estimate of drug-likeness (QED) is 0.893. The molecule has 1 aliphatic rings. The Balaban J connectivity index is 1.77. The van der Waals surface area contributed by atoms with Crippen molar-refractivity contribution in [1.29, 1.82) is 0 Å². The molecule has 3 nitrogen and oxygen atoms in total. The largest absolute Gasteiger partial charge is 0.308 e.